The van der Waals surface area contributed by atoms with E-state index in [2.05, 4.69) is 38.0 Å². The maximum absolute atomic E-state index is 13.3. The molecule has 190 valence electrons. The Morgan fingerprint density at radius 3 is 2.43 bits per heavy atom. The van der Waals surface area contributed by atoms with Gasteiger partial charge in [0.05, 0.1) is 35.0 Å². The summed E-state index contributed by atoms with van der Waals surface area (Å²) in [6, 6.07) is 11.7. The van der Waals surface area contributed by atoms with Gasteiger partial charge in [0.2, 0.25) is 0 Å². The number of likely N-dealkylation sites (tertiary alicyclic amines) is 1. The summed E-state index contributed by atoms with van der Waals surface area (Å²) in [6.07, 6.45) is 6.78. The summed E-state index contributed by atoms with van der Waals surface area (Å²) in [6.45, 7) is 5.33. The molecule has 10 nitrogen and oxygen atoms in total. The summed E-state index contributed by atoms with van der Waals surface area (Å²) >= 11 is 0. The standard InChI is InChI=1S/C27H31N9O/c1-33-11-13-34(14-12-33)21-15-23-25(29-16-21)24(31-18-30-23)19-7-9-35(10-8-19)27(37)22-17-32-36(26(22)28)20-5-3-2-4-6-20/h2-6,15-19H,7-14,28H2,1H3. The van der Waals surface area contributed by atoms with Crippen molar-refractivity contribution in [3.05, 3.63) is 66.4 Å². The van der Waals surface area contributed by atoms with Gasteiger partial charge in [0.1, 0.15) is 23.2 Å². The molecule has 37 heavy (non-hydrogen) atoms. The van der Waals surface area contributed by atoms with E-state index >= 15 is 0 Å². The zero-order valence-corrected chi connectivity index (χ0v) is 21.0. The first-order chi connectivity index (χ1) is 18.1. The van der Waals surface area contributed by atoms with Gasteiger partial charge in [0, 0.05) is 45.2 Å². The number of fused-ring (bicyclic) bond motifs is 1. The fourth-order valence-corrected chi connectivity index (χ4v) is 5.31. The number of piperazine rings is 1. The van der Waals surface area contributed by atoms with Crippen molar-refractivity contribution in [1.29, 1.82) is 0 Å². The van der Waals surface area contributed by atoms with E-state index in [1.54, 1.807) is 17.2 Å². The number of para-hydroxylation sites is 1. The lowest BCUT2D eigenvalue weighted by molar-refractivity contribution is 0.0713. The minimum absolute atomic E-state index is 0.0828. The van der Waals surface area contributed by atoms with Gasteiger partial charge in [0.25, 0.3) is 5.91 Å². The Bertz CT molecular complexity index is 1400. The lowest BCUT2D eigenvalue weighted by Crippen LogP contribution is -2.44. The Labute approximate surface area is 215 Å². The van der Waals surface area contributed by atoms with E-state index in [4.69, 9.17) is 10.7 Å². The lowest BCUT2D eigenvalue weighted by Gasteiger charge is -2.34. The average Bonchev–Trinajstić information content (AvgIpc) is 3.34. The van der Waals surface area contributed by atoms with Gasteiger partial charge in [0.15, 0.2) is 0 Å². The summed E-state index contributed by atoms with van der Waals surface area (Å²) in [5.74, 6) is 0.502. The molecule has 0 radical (unpaired) electrons. The van der Waals surface area contributed by atoms with Gasteiger partial charge >= 0.3 is 0 Å². The van der Waals surface area contributed by atoms with Crippen LogP contribution in [-0.4, -0.2) is 86.8 Å². The molecular formula is C27H31N9O. The molecule has 10 heteroatoms. The van der Waals surface area contributed by atoms with E-state index < -0.39 is 0 Å². The van der Waals surface area contributed by atoms with Crippen LogP contribution in [-0.2, 0) is 0 Å². The number of nitrogen functional groups attached to an aromatic ring is 1. The Morgan fingerprint density at radius 1 is 0.919 bits per heavy atom. The molecule has 1 amide bonds. The van der Waals surface area contributed by atoms with E-state index in [1.807, 2.05) is 41.4 Å². The number of nitrogens with zero attached hydrogens (tertiary/aromatic N) is 8. The van der Waals surface area contributed by atoms with Gasteiger partial charge in [-0.1, -0.05) is 18.2 Å². The van der Waals surface area contributed by atoms with E-state index in [0.717, 1.165) is 67.1 Å². The highest BCUT2D eigenvalue weighted by Gasteiger charge is 2.29. The topological polar surface area (TPSA) is 109 Å². The predicted octanol–water partition coefficient (Wildman–Crippen LogP) is 2.56. The predicted molar refractivity (Wildman–Crippen MR) is 143 cm³/mol. The third kappa shape index (κ3) is 4.48. The van der Waals surface area contributed by atoms with E-state index in [0.29, 0.717) is 24.5 Å². The fraction of sp³-hybridized carbons (Fsp3) is 0.370. The zero-order chi connectivity index (χ0) is 25.4. The van der Waals surface area contributed by atoms with Crippen LogP contribution < -0.4 is 10.6 Å². The molecule has 1 aromatic carbocycles. The molecule has 2 N–H and O–H groups in total. The van der Waals surface area contributed by atoms with E-state index in [9.17, 15) is 4.79 Å². The Kier molecular flexibility index (Phi) is 6.17. The lowest BCUT2D eigenvalue weighted by atomic mass is 9.92. The largest absolute Gasteiger partial charge is 0.383 e. The van der Waals surface area contributed by atoms with Gasteiger partial charge in [-0.3, -0.25) is 9.78 Å². The number of rotatable bonds is 4. The molecule has 0 bridgehead atoms. The highest BCUT2D eigenvalue weighted by Crippen LogP contribution is 2.32. The first kappa shape index (κ1) is 23.4. The number of amides is 1. The van der Waals surface area contributed by atoms with E-state index in [-0.39, 0.29) is 11.8 Å². The van der Waals surface area contributed by atoms with Gasteiger partial charge < -0.3 is 20.4 Å². The summed E-state index contributed by atoms with van der Waals surface area (Å²) in [5, 5.41) is 4.36. The minimum atomic E-state index is -0.0828. The third-order valence-electron chi connectivity index (χ3n) is 7.56. The molecule has 4 aromatic rings. The van der Waals surface area contributed by atoms with Crippen LogP contribution in [0.4, 0.5) is 11.5 Å². The van der Waals surface area contributed by atoms with Crippen molar-refractivity contribution >= 4 is 28.4 Å². The average molecular weight is 498 g/mol. The van der Waals surface area contributed by atoms with Crippen molar-refractivity contribution in [3.63, 3.8) is 0 Å². The van der Waals surface area contributed by atoms with Crippen LogP contribution in [0.5, 0.6) is 0 Å². The highest BCUT2D eigenvalue weighted by atomic mass is 16.2. The van der Waals surface area contributed by atoms with Gasteiger partial charge in [-0.15, -0.1) is 0 Å². The van der Waals surface area contributed by atoms with Crippen molar-refractivity contribution in [1.82, 2.24) is 34.5 Å². The highest BCUT2D eigenvalue weighted by molar-refractivity contribution is 5.98. The van der Waals surface area contributed by atoms with Gasteiger partial charge in [-0.05, 0) is 38.1 Å². The summed E-state index contributed by atoms with van der Waals surface area (Å²) in [5.41, 5.74) is 11.4. The molecule has 2 fully saturated rings. The van der Waals surface area contributed by atoms with Crippen LogP contribution >= 0.6 is 0 Å². The quantitative estimate of drug-likeness (QED) is 0.458. The van der Waals surface area contributed by atoms with Crippen molar-refractivity contribution in [3.8, 4) is 5.69 Å². The molecule has 3 aromatic heterocycles. The number of hydrogen-bond donors (Lipinski definition) is 1. The maximum Gasteiger partial charge on any atom is 0.259 e. The first-order valence-electron chi connectivity index (χ1n) is 12.8. The second-order valence-electron chi connectivity index (χ2n) is 9.87. The number of anilines is 2. The van der Waals surface area contributed by atoms with Crippen LogP contribution in [0.25, 0.3) is 16.7 Å². The monoisotopic (exact) mass is 497 g/mol. The number of pyridine rings is 1. The zero-order valence-electron chi connectivity index (χ0n) is 21.0. The smallest absolute Gasteiger partial charge is 0.259 e. The number of carbonyl (C=O) groups is 1. The number of nitrogens with two attached hydrogens (primary N) is 1. The minimum Gasteiger partial charge on any atom is -0.383 e. The van der Waals surface area contributed by atoms with Crippen molar-refractivity contribution in [2.24, 2.45) is 0 Å². The number of hydrogen-bond acceptors (Lipinski definition) is 8. The maximum atomic E-state index is 13.3. The normalized spacial score (nSPS) is 17.4. The molecule has 0 atom stereocenters. The van der Waals surface area contributed by atoms with Crippen LogP contribution in [0, 0.1) is 0 Å². The molecular weight excluding hydrogens is 466 g/mol. The van der Waals surface area contributed by atoms with Crippen LogP contribution in [0.15, 0.2) is 55.1 Å². The number of likely N-dealkylation sites (N-methyl/N-ethyl adjacent to an activating group) is 1. The summed E-state index contributed by atoms with van der Waals surface area (Å²) in [7, 11) is 2.15. The fourth-order valence-electron chi connectivity index (χ4n) is 5.31. The third-order valence-corrected chi connectivity index (χ3v) is 7.56. The van der Waals surface area contributed by atoms with Crippen molar-refractivity contribution in [2.75, 3.05) is 56.9 Å². The molecule has 0 saturated carbocycles. The first-order valence-corrected chi connectivity index (χ1v) is 12.8. The number of carbonyl (C=O) groups excluding carboxylic acids is 1. The number of benzene rings is 1. The SMILES string of the molecule is CN1CCN(c2cnc3c(C4CCN(C(=O)c5cnn(-c6ccccc6)c5N)CC4)ncnc3c2)CC1. The molecule has 2 saturated heterocycles. The molecule has 2 aliphatic heterocycles. The summed E-state index contributed by atoms with van der Waals surface area (Å²) < 4.78 is 1.61. The second-order valence-corrected chi connectivity index (χ2v) is 9.87. The van der Waals surface area contributed by atoms with Gasteiger partial charge in [-0.25, -0.2) is 14.6 Å². The van der Waals surface area contributed by atoms with Crippen LogP contribution in [0.3, 0.4) is 0 Å². The van der Waals surface area contributed by atoms with E-state index in [1.165, 1.54) is 0 Å². The molecule has 5 heterocycles. The van der Waals surface area contributed by atoms with Crippen LogP contribution in [0.1, 0.15) is 34.8 Å². The Morgan fingerprint density at radius 2 is 1.68 bits per heavy atom. The van der Waals surface area contributed by atoms with Crippen molar-refractivity contribution < 1.29 is 4.79 Å². The Balaban J connectivity index is 1.16. The molecule has 0 unspecified atom stereocenters. The molecule has 6 rings (SSSR count). The number of aromatic nitrogens is 5. The Hall–Kier alpha value is -4.05. The van der Waals surface area contributed by atoms with Crippen LogP contribution in [0.2, 0.25) is 0 Å². The summed E-state index contributed by atoms with van der Waals surface area (Å²) in [4.78, 5) is 33.8. The molecule has 0 spiro atoms. The molecule has 2 aliphatic rings. The van der Waals surface area contributed by atoms with Gasteiger partial charge in [-0.2, -0.15) is 5.10 Å². The number of piperidine rings is 1. The van der Waals surface area contributed by atoms with Crippen molar-refractivity contribution in [2.45, 2.75) is 18.8 Å². The second kappa shape index (κ2) is 9.78. The molecule has 0 aliphatic carbocycles.